The molecule has 0 aromatic carbocycles. The minimum atomic E-state index is 0.728. The molecule has 0 N–H and O–H groups in total. The van der Waals surface area contributed by atoms with Crippen molar-refractivity contribution in [1.29, 1.82) is 0 Å². The average Bonchev–Trinajstić information content (AvgIpc) is 1.64. The van der Waals surface area contributed by atoms with Crippen LogP contribution in [0.15, 0.2) is 21.5 Å². The van der Waals surface area contributed by atoms with Crippen molar-refractivity contribution in [2.45, 2.75) is 0 Å². The van der Waals surface area contributed by atoms with Gasteiger partial charge >= 0.3 is 0 Å². The SMILES string of the molecule is ClC1=CSCC(Cl)=C1. The van der Waals surface area contributed by atoms with Crippen LogP contribution in [-0.2, 0) is 0 Å². The third-order valence-electron chi connectivity index (χ3n) is 0.712. The molecule has 1 aliphatic heterocycles. The van der Waals surface area contributed by atoms with Gasteiger partial charge in [0.2, 0.25) is 0 Å². The number of allylic oxidation sites excluding steroid dienone is 2. The Morgan fingerprint density at radius 2 is 2.25 bits per heavy atom. The van der Waals surface area contributed by atoms with Crippen LogP contribution in [0.1, 0.15) is 0 Å². The molecule has 0 amide bonds. The number of thioether (sulfide) groups is 1. The third-order valence-corrected chi connectivity index (χ3v) is 2.36. The van der Waals surface area contributed by atoms with Gasteiger partial charge in [-0.05, 0) is 11.5 Å². The zero-order chi connectivity index (χ0) is 5.98. The third kappa shape index (κ3) is 1.73. The largest absolute Gasteiger partial charge is 0.127 e. The molecule has 0 nitrogen and oxygen atoms in total. The fourth-order valence-electron chi connectivity index (χ4n) is 0.426. The highest BCUT2D eigenvalue weighted by molar-refractivity contribution is 8.02. The molecule has 0 unspecified atom stereocenters. The van der Waals surface area contributed by atoms with Crippen molar-refractivity contribution < 1.29 is 0 Å². The molecule has 44 valence electrons. The number of hydrogen-bond donors (Lipinski definition) is 0. The van der Waals surface area contributed by atoms with E-state index in [0.717, 1.165) is 15.8 Å². The number of halogens is 2. The molecule has 0 aliphatic carbocycles. The number of hydrogen-bond acceptors (Lipinski definition) is 1. The first-order valence-corrected chi connectivity index (χ1v) is 3.93. The summed E-state index contributed by atoms with van der Waals surface area (Å²) in [7, 11) is 0. The van der Waals surface area contributed by atoms with Gasteiger partial charge in [0.25, 0.3) is 0 Å². The predicted molar refractivity (Wildman–Crippen MR) is 40.3 cm³/mol. The highest BCUT2D eigenvalue weighted by Gasteiger charge is 1.98. The molecule has 0 atom stereocenters. The summed E-state index contributed by atoms with van der Waals surface area (Å²) in [6, 6.07) is 0. The second-order valence-electron chi connectivity index (χ2n) is 1.40. The maximum absolute atomic E-state index is 5.63. The van der Waals surface area contributed by atoms with E-state index < -0.39 is 0 Å². The van der Waals surface area contributed by atoms with Crippen molar-refractivity contribution in [2.75, 3.05) is 5.75 Å². The molecule has 3 heteroatoms. The van der Waals surface area contributed by atoms with Gasteiger partial charge in [-0.2, -0.15) is 0 Å². The number of rotatable bonds is 0. The second kappa shape index (κ2) is 2.81. The molecular formula is C5H4Cl2S. The summed E-state index contributed by atoms with van der Waals surface area (Å²) in [5.74, 6) is 0.859. The maximum Gasteiger partial charge on any atom is 0.0480 e. The first kappa shape index (κ1) is 6.53. The van der Waals surface area contributed by atoms with E-state index in [4.69, 9.17) is 23.2 Å². The van der Waals surface area contributed by atoms with Crippen LogP contribution in [0.25, 0.3) is 0 Å². The summed E-state index contributed by atoms with van der Waals surface area (Å²) >= 11 is 12.8. The van der Waals surface area contributed by atoms with Gasteiger partial charge in [-0.3, -0.25) is 0 Å². The summed E-state index contributed by atoms with van der Waals surface area (Å²) in [6.07, 6.45) is 1.76. The molecule has 0 bridgehead atoms. The van der Waals surface area contributed by atoms with Gasteiger partial charge in [-0.1, -0.05) is 23.2 Å². The molecule has 0 saturated heterocycles. The van der Waals surface area contributed by atoms with Crippen molar-refractivity contribution in [2.24, 2.45) is 0 Å². The van der Waals surface area contributed by atoms with E-state index >= 15 is 0 Å². The Hall–Kier alpha value is 0.410. The first-order valence-electron chi connectivity index (χ1n) is 2.12. The van der Waals surface area contributed by atoms with Gasteiger partial charge in [-0.15, -0.1) is 11.8 Å². The predicted octanol–water partition coefficient (Wildman–Crippen LogP) is 2.94. The van der Waals surface area contributed by atoms with Crippen molar-refractivity contribution in [3.63, 3.8) is 0 Å². The minimum Gasteiger partial charge on any atom is -0.127 e. The molecule has 8 heavy (non-hydrogen) atoms. The minimum absolute atomic E-state index is 0.728. The van der Waals surface area contributed by atoms with Crippen molar-refractivity contribution in [1.82, 2.24) is 0 Å². The van der Waals surface area contributed by atoms with Crippen molar-refractivity contribution in [3.05, 3.63) is 21.5 Å². The molecule has 0 aromatic rings. The maximum atomic E-state index is 5.63. The van der Waals surface area contributed by atoms with E-state index in [9.17, 15) is 0 Å². The van der Waals surface area contributed by atoms with E-state index in [1.54, 1.807) is 17.8 Å². The Balaban J connectivity index is 2.69. The molecule has 1 aliphatic rings. The first-order chi connectivity index (χ1) is 3.79. The van der Waals surface area contributed by atoms with Gasteiger partial charge in [0.05, 0.1) is 0 Å². The molecule has 1 rings (SSSR count). The lowest BCUT2D eigenvalue weighted by atomic mass is 10.5. The van der Waals surface area contributed by atoms with E-state index in [1.807, 2.05) is 5.41 Å². The molecule has 0 radical (unpaired) electrons. The van der Waals surface area contributed by atoms with E-state index in [2.05, 4.69) is 0 Å². The average molecular weight is 167 g/mol. The summed E-state index contributed by atoms with van der Waals surface area (Å²) in [4.78, 5) is 0. The molecule has 0 saturated carbocycles. The quantitative estimate of drug-likeness (QED) is 0.534. The lowest BCUT2D eigenvalue weighted by molar-refractivity contribution is 1.65. The zero-order valence-electron chi connectivity index (χ0n) is 4.03. The van der Waals surface area contributed by atoms with Crippen LogP contribution in [0.3, 0.4) is 0 Å². The summed E-state index contributed by atoms with van der Waals surface area (Å²) in [6.45, 7) is 0. The van der Waals surface area contributed by atoms with Crippen LogP contribution >= 0.6 is 35.0 Å². The Bertz CT molecular complexity index is 149. The molecule has 0 fully saturated rings. The Morgan fingerprint density at radius 1 is 1.50 bits per heavy atom. The fourth-order valence-corrected chi connectivity index (χ4v) is 1.66. The van der Waals surface area contributed by atoms with Crippen LogP contribution in [0, 0.1) is 0 Å². The van der Waals surface area contributed by atoms with Crippen molar-refractivity contribution >= 4 is 35.0 Å². The molecule has 1 heterocycles. The highest BCUT2D eigenvalue weighted by Crippen LogP contribution is 2.24. The lowest BCUT2D eigenvalue weighted by Gasteiger charge is -2.00. The van der Waals surface area contributed by atoms with Crippen LogP contribution < -0.4 is 0 Å². The summed E-state index contributed by atoms with van der Waals surface area (Å²) < 4.78 is 0. The van der Waals surface area contributed by atoms with Gasteiger partial charge in [-0.25, -0.2) is 0 Å². The van der Waals surface area contributed by atoms with Crippen LogP contribution in [0.4, 0.5) is 0 Å². The van der Waals surface area contributed by atoms with Gasteiger partial charge < -0.3 is 0 Å². The summed E-state index contributed by atoms with van der Waals surface area (Å²) in [5, 5.41) is 3.43. The lowest BCUT2D eigenvalue weighted by Crippen LogP contribution is -1.81. The topological polar surface area (TPSA) is 0 Å². The van der Waals surface area contributed by atoms with Crippen LogP contribution in [0.2, 0.25) is 0 Å². The monoisotopic (exact) mass is 166 g/mol. The van der Waals surface area contributed by atoms with Crippen LogP contribution in [-0.4, -0.2) is 5.75 Å². The molecule has 0 aromatic heterocycles. The highest BCUT2D eigenvalue weighted by atomic mass is 35.5. The smallest absolute Gasteiger partial charge is 0.0480 e. The zero-order valence-corrected chi connectivity index (χ0v) is 6.35. The Morgan fingerprint density at radius 3 is 2.62 bits per heavy atom. The Labute approximate surface area is 62.5 Å². The van der Waals surface area contributed by atoms with Gasteiger partial charge in [0.1, 0.15) is 0 Å². The second-order valence-corrected chi connectivity index (χ2v) is 3.18. The van der Waals surface area contributed by atoms with E-state index in [0.29, 0.717) is 0 Å². The van der Waals surface area contributed by atoms with Gasteiger partial charge in [0.15, 0.2) is 0 Å². The molecular weight excluding hydrogens is 163 g/mol. The standard InChI is InChI=1S/C5H4Cl2S/c6-4-1-5(7)3-8-2-4/h1-2H,3H2. The van der Waals surface area contributed by atoms with Crippen molar-refractivity contribution in [3.8, 4) is 0 Å². The van der Waals surface area contributed by atoms with E-state index in [-0.39, 0.29) is 0 Å². The molecule has 0 spiro atoms. The summed E-state index contributed by atoms with van der Waals surface area (Å²) in [5.41, 5.74) is 0. The normalized spacial score (nSPS) is 19.8. The van der Waals surface area contributed by atoms with Crippen LogP contribution in [0.5, 0.6) is 0 Å². The van der Waals surface area contributed by atoms with E-state index in [1.165, 1.54) is 0 Å². The fraction of sp³-hybridized carbons (Fsp3) is 0.200. The van der Waals surface area contributed by atoms with Gasteiger partial charge in [0, 0.05) is 15.8 Å². The Kier molecular flexibility index (Phi) is 2.29.